The van der Waals surface area contributed by atoms with Gasteiger partial charge in [-0.05, 0) is 43.2 Å². The first-order valence-corrected chi connectivity index (χ1v) is 8.31. The Hall–Kier alpha value is -3.41. The van der Waals surface area contributed by atoms with Crippen LogP contribution in [0, 0.1) is 6.92 Å². The molecular formula is C20H19N3O3. The summed E-state index contributed by atoms with van der Waals surface area (Å²) >= 11 is 0. The molecule has 0 aliphatic rings. The molecule has 6 heteroatoms. The molecule has 2 N–H and O–H groups in total. The molecule has 2 amide bonds. The Labute approximate surface area is 151 Å². The second-order valence-electron chi connectivity index (χ2n) is 5.82. The maximum atomic E-state index is 12.5. The minimum absolute atomic E-state index is 0.266. The first kappa shape index (κ1) is 17.4. The van der Waals surface area contributed by atoms with Gasteiger partial charge in [-0.3, -0.25) is 9.59 Å². The van der Waals surface area contributed by atoms with E-state index in [9.17, 15) is 9.59 Å². The number of para-hydroxylation sites is 1. The van der Waals surface area contributed by atoms with E-state index in [2.05, 4.69) is 15.8 Å². The molecule has 0 saturated heterocycles. The van der Waals surface area contributed by atoms with E-state index in [-0.39, 0.29) is 11.8 Å². The Kier molecular flexibility index (Phi) is 5.12. The molecule has 0 spiro atoms. The van der Waals surface area contributed by atoms with Gasteiger partial charge in [0.2, 0.25) is 0 Å². The van der Waals surface area contributed by atoms with Gasteiger partial charge in [0.05, 0.1) is 0 Å². The van der Waals surface area contributed by atoms with Crippen molar-refractivity contribution in [3.63, 3.8) is 0 Å². The summed E-state index contributed by atoms with van der Waals surface area (Å²) in [5.41, 5.74) is 2.59. The number of anilines is 2. The lowest BCUT2D eigenvalue weighted by Gasteiger charge is -2.10. The van der Waals surface area contributed by atoms with Gasteiger partial charge in [0.15, 0.2) is 5.82 Å². The number of rotatable bonds is 5. The third kappa shape index (κ3) is 3.97. The molecular weight excluding hydrogens is 330 g/mol. The van der Waals surface area contributed by atoms with E-state index in [1.165, 1.54) is 0 Å². The zero-order valence-electron chi connectivity index (χ0n) is 14.6. The highest BCUT2D eigenvalue weighted by Gasteiger charge is 2.13. The number of nitrogens with one attached hydrogen (secondary N) is 2. The van der Waals surface area contributed by atoms with Crippen molar-refractivity contribution in [3.8, 4) is 0 Å². The van der Waals surface area contributed by atoms with E-state index < -0.39 is 0 Å². The monoisotopic (exact) mass is 349 g/mol. The fourth-order valence-electron chi connectivity index (χ4n) is 2.56. The highest BCUT2D eigenvalue weighted by Crippen LogP contribution is 2.17. The van der Waals surface area contributed by atoms with E-state index in [1.807, 2.05) is 31.2 Å². The molecule has 3 rings (SSSR count). The van der Waals surface area contributed by atoms with E-state index in [0.717, 1.165) is 17.7 Å². The van der Waals surface area contributed by atoms with Crippen LogP contribution in [0.2, 0.25) is 0 Å². The van der Waals surface area contributed by atoms with Crippen LogP contribution in [0.4, 0.5) is 11.5 Å². The Morgan fingerprint density at radius 1 is 0.962 bits per heavy atom. The van der Waals surface area contributed by atoms with Crippen LogP contribution in [-0.2, 0) is 6.42 Å². The van der Waals surface area contributed by atoms with Gasteiger partial charge in [-0.2, -0.15) is 0 Å². The van der Waals surface area contributed by atoms with Crippen molar-refractivity contribution in [1.82, 2.24) is 5.16 Å². The Morgan fingerprint density at radius 2 is 1.65 bits per heavy atom. The zero-order valence-corrected chi connectivity index (χ0v) is 14.6. The number of hydrogen-bond donors (Lipinski definition) is 2. The summed E-state index contributed by atoms with van der Waals surface area (Å²) in [4.78, 5) is 24.9. The molecule has 0 radical (unpaired) electrons. The fourth-order valence-corrected chi connectivity index (χ4v) is 2.56. The van der Waals surface area contributed by atoms with Crippen molar-refractivity contribution < 1.29 is 14.1 Å². The topological polar surface area (TPSA) is 84.2 Å². The van der Waals surface area contributed by atoms with Crippen LogP contribution in [0.1, 0.15) is 39.0 Å². The van der Waals surface area contributed by atoms with Crippen LogP contribution in [-0.4, -0.2) is 17.0 Å². The number of carbonyl (C=O) groups excluding carboxylic acids is 2. The molecule has 6 nitrogen and oxygen atoms in total. The van der Waals surface area contributed by atoms with Crippen LogP contribution >= 0.6 is 0 Å². The molecule has 132 valence electrons. The van der Waals surface area contributed by atoms with E-state index in [1.54, 1.807) is 37.3 Å². The summed E-state index contributed by atoms with van der Waals surface area (Å²) in [5.74, 6) is 0.307. The van der Waals surface area contributed by atoms with Crippen LogP contribution in [0.15, 0.2) is 59.1 Å². The van der Waals surface area contributed by atoms with Gasteiger partial charge in [0, 0.05) is 22.9 Å². The van der Waals surface area contributed by atoms with E-state index >= 15 is 0 Å². The molecule has 0 atom stereocenters. The van der Waals surface area contributed by atoms with Crippen molar-refractivity contribution in [2.75, 3.05) is 10.6 Å². The first-order chi connectivity index (χ1) is 12.6. The van der Waals surface area contributed by atoms with Crippen LogP contribution in [0.3, 0.4) is 0 Å². The number of aromatic nitrogens is 1. The summed E-state index contributed by atoms with van der Waals surface area (Å²) < 4.78 is 4.92. The molecule has 0 fully saturated rings. The summed E-state index contributed by atoms with van der Waals surface area (Å²) in [7, 11) is 0. The Bertz CT molecular complexity index is 947. The van der Waals surface area contributed by atoms with Gasteiger partial charge < -0.3 is 15.2 Å². The van der Waals surface area contributed by atoms with Crippen molar-refractivity contribution in [2.24, 2.45) is 0 Å². The van der Waals surface area contributed by atoms with Crippen molar-refractivity contribution in [2.45, 2.75) is 20.3 Å². The third-order valence-electron chi connectivity index (χ3n) is 3.90. The summed E-state index contributed by atoms with van der Waals surface area (Å²) in [5, 5.41) is 9.26. The molecule has 26 heavy (non-hydrogen) atoms. The highest BCUT2D eigenvalue weighted by molar-refractivity contribution is 6.08. The molecule has 0 aliphatic heterocycles. The predicted molar refractivity (Wildman–Crippen MR) is 99.4 cm³/mol. The number of aryl methyl sites for hydroxylation is 2. The average Bonchev–Trinajstić information content (AvgIpc) is 3.07. The molecule has 1 aromatic heterocycles. The molecule has 0 bridgehead atoms. The maximum Gasteiger partial charge on any atom is 0.256 e. The lowest BCUT2D eigenvalue weighted by atomic mass is 10.1. The highest BCUT2D eigenvalue weighted by atomic mass is 16.5. The third-order valence-corrected chi connectivity index (χ3v) is 3.90. The van der Waals surface area contributed by atoms with Gasteiger partial charge >= 0.3 is 0 Å². The maximum absolute atomic E-state index is 12.5. The zero-order chi connectivity index (χ0) is 18.5. The van der Waals surface area contributed by atoms with Crippen molar-refractivity contribution in [3.05, 3.63) is 77.0 Å². The number of hydrogen-bond acceptors (Lipinski definition) is 4. The molecule has 2 aromatic carbocycles. The van der Waals surface area contributed by atoms with Gasteiger partial charge in [-0.1, -0.05) is 36.3 Å². The smallest absolute Gasteiger partial charge is 0.256 e. The average molecular weight is 349 g/mol. The Morgan fingerprint density at radius 3 is 2.31 bits per heavy atom. The normalized spacial score (nSPS) is 10.4. The minimum atomic E-state index is -0.359. The van der Waals surface area contributed by atoms with Gasteiger partial charge in [0.1, 0.15) is 5.76 Å². The number of amides is 2. The fraction of sp³-hybridized carbons (Fsp3) is 0.150. The number of carbonyl (C=O) groups is 2. The molecule has 3 aromatic rings. The summed E-state index contributed by atoms with van der Waals surface area (Å²) in [6, 6.07) is 15.8. The largest absolute Gasteiger partial charge is 0.360 e. The minimum Gasteiger partial charge on any atom is -0.360 e. The number of nitrogens with zero attached hydrogens (tertiary/aromatic N) is 1. The van der Waals surface area contributed by atoms with Crippen LogP contribution in [0.5, 0.6) is 0 Å². The molecule has 0 aliphatic carbocycles. The van der Waals surface area contributed by atoms with E-state index in [4.69, 9.17) is 4.52 Å². The van der Waals surface area contributed by atoms with Gasteiger partial charge in [-0.15, -0.1) is 0 Å². The predicted octanol–water partition coefficient (Wildman–Crippen LogP) is 4.05. The SMILES string of the molecule is CCc1ccccc1NC(=O)c1cccc(C(=O)Nc2cc(C)on2)c1. The van der Waals surface area contributed by atoms with E-state index in [0.29, 0.717) is 22.7 Å². The molecule has 1 heterocycles. The van der Waals surface area contributed by atoms with Gasteiger partial charge in [-0.25, -0.2) is 0 Å². The number of benzene rings is 2. The molecule has 0 unspecified atom stereocenters. The van der Waals surface area contributed by atoms with Crippen molar-refractivity contribution in [1.29, 1.82) is 0 Å². The summed E-state index contributed by atoms with van der Waals surface area (Å²) in [6.07, 6.45) is 0.815. The second kappa shape index (κ2) is 7.65. The summed E-state index contributed by atoms with van der Waals surface area (Å²) in [6.45, 7) is 3.77. The van der Waals surface area contributed by atoms with Crippen molar-refractivity contribution >= 4 is 23.3 Å². The van der Waals surface area contributed by atoms with Gasteiger partial charge in [0.25, 0.3) is 11.8 Å². The molecule has 0 saturated carbocycles. The van der Waals surface area contributed by atoms with Crippen LogP contribution < -0.4 is 10.6 Å². The van der Waals surface area contributed by atoms with Crippen LogP contribution in [0.25, 0.3) is 0 Å². The quantitative estimate of drug-likeness (QED) is 0.728. The lowest BCUT2D eigenvalue weighted by molar-refractivity contribution is 0.102. The standard InChI is InChI=1S/C20H19N3O3/c1-3-14-7-4-5-10-17(14)21-19(24)15-8-6-9-16(12-15)20(25)22-18-11-13(2)26-23-18/h4-12H,3H2,1-2H3,(H,21,24)(H,22,23,25). The second-order valence-corrected chi connectivity index (χ2v) is 5.82. The Balaban J connectivity index is 1.75. The lowest BCUT2D eigenvalue weighted by Crippen LogP contribution is -2.16. The first-order valence-electron chi connectivity index (χ1n) is 8.31.